The Morgan fingerprint density at radius 1 is 1.03 bits per heavy atom. The lowest BCUT2D eigenvalue weighted by molar-refractivity contribution is -0.139. The maximum Gasteiger partial charge on any atom is 0.320 e. The Morgan fingerprint density at radius 3 is 2.14 bits per heavy atom. The lowest BCUT2D eigenvalue weighted by Gasteiger charge is -2.18. The zero-order valence-corrected chi connectivity index (χ0v) is 21.4. The van der Waals surface area contributed by atoms with Gasteiger partial charge in [-0.2, -0.15) is 5.10 Å². The molecule has 0 saturated heterocycles. The quantitative estimate of drug-likeness (QED) is 0.235. The predicted octanol–water partition coefficient (Wildman–Crippen LogP) is 4.26. The van der Waals surface area contributed by atoms with Crippen LogP contribution in [0, 0.1) is 0 Å². The summed E-state index contributed by atoms with van der Waals surface area (Å²) in [6.07, 6.45) is 1.81. The SMILES string of the molecule is CC(=O)c1c(-c2ccc(Cl)cc2)c(-c2ccc(Cl)cc2)nn(CCN[C@@H](CCCCN)C(=O)O)c1=O. The number of halogens is 2. The van der Waals surface area contributed by atoms with E-state index in [0.29, 0.717) is 51.8 Å². The molecule has 0 aliphatic heterocycles. The lowest BCUT2D eigenvalue weighted by Crippen LogP contribution is -2.40. The van der Waals surface area contributed by atoms with Crippen LogP contribution in [0.15, 0.2) is 53.3 Å². The second-order valence-electron chi connectivity index (χ2n) is 8.33. The number of benzene rings is 2. The smallest absolute Gasteiger partial charge is 0.320 e. The highest BCUT2D eigenvalue weighted by Crippen LogP contribution is 2.33. The maximum atomic E-state index is 13.4. The minimum absolute atomic E-state index is 0.00463. The molecule has 4 N–H and O–H groups in total. The second-order valence-corrected chi connectivity index (χ2v) is 9.20. The molecular weight excluding hydrogens is 503 g/mol. The van der Waals surface area contributed by atoms with Crippen molar-refractivity contribution in [3.05, 3.63) is 74.5 Å². The van der Waals surface area contributed by atoms with Crippen LogP contribution in [0.4, 0.5) is 0 Å². The fourth-order valence-corrected chi connectivity index (χ4v) is 4.16. The van der Waals surface area contributed by atoms with Crippen LogP contribution in [-0.4, -0.2) is 45.8 Å². The summed E-state index contributed by atoms with van der Waals surface area (Å²) < 4.78 is 1.20. The molecule has 190 valence electrons. The molecule has 8 nitrogen and oxygen atoms in total. The van der Waals surface area contributed by atoms with Gasteiger partial charge in [0.2, 0.25) is 0 Å². The Morgan fingerprint density at radius 2 is 1.61 bits per heavy atom. The van der Waals surface area contributed by atoms with Crippen molar-refractivity contribution in [1.82, 2.24) is 15.1 Å². The first-order chi connectivity index (χ1) is 17.2. The number of carbonyl (C=O) groups is 2. The van der Waals surface area contributed by atoms with E-state index in [9.17, 15) is 19.5 Å². The van der Waals surface area contributed by atoms with E-state index in [0.717, 1.165) is 6.42 Å². The third kappa shape index (κ3) is 6.79. The van der Waals surface area contributed by atoms with Crippen LogP contribution in [0.5, 0.6) is 0 Å². The van der Waals surface area contributed by atoms with Gasteiger partial charge in [-0.3, -0.25) is 14.4 Å². The van der Waals surface area contributed by atoms with E-state index < -0.39 is 23.4 Å². The fraction of sp³-hybridized carbons (Fsp3) is 0.308. The number of Topliss-reactive ketones (excluding diaryl/α,β-unsaturated/α-hetero) is 1. The molecule has 0 aliphatic rings. The summed E-state index contributed by atoms with van der Waals surface area (Å²) in [5.74, 6) is -1.38. The van der Waals surface area contributed by atoms with E-state index in [2.05, 4.69) is 10.4 Å². The molecule has 0 radical (unpaired) electrons. The summed E-state index contributed by atoms with van der Waals surface area (Å²) in [7, 11) is 0. The first-order valence-corrected chi connectivity index (χ1v) is 12.3. The first kappa shape index (κ1) is 27.5. The molecule has 10 heteroatoms. The van der Waals surface area contributed by atoms with Crippen LogP contribution < -0.4 is 16.6 Å². The topological polar surface area (TPSA) is 127 Å². The summed E-state index contributed by atoms with van der Waals surface area (Å²) in [5.41, 5.74) is 7.06. The van der Waals surface area contributed by atoms with Crippen LogP contribution in [0.3, 0.4) is 0 Å². The van der Waals surface area contributed by atoms with Gasteiger partial charge < -0.3 is 16.2 Å². The molecule has 0 aliphatic carbocycles. The van der Waals surface area contributed by atoms with Crippen molar-refractivity contribution in [2.24, 2.45) is 5.73 Å². The molecule has 2 aromatic carbocycles. The van der Waals surface area contributed by atoms with Crippen molar-refractivity contribution in [1.29, 1.82) is 0 Å². The van der Waals surface area contributed by atoms with Gasteiger partial charge in [-0.25, -0.2) is 4.68 Å². The first-order valence-electron chi connectivity index (χ1n) is 11.6. The molecule has 3 rings (SSSR count). The molecule has 0 unspecified atom stereocenters. The second kappa shape index (κ2) is 12.8. The molecule has 0 saturated carbocycles. The van der Waals surface area contributed by atoms with Crippen molar-refractivity contribution >= 4 is 35.0 Å². The average Bonchev–Trinajstić information content (AvgIpc) is 2.84. The van der Waals surface area contributed by atoms with E-state index in [1.807, 2.05) is 0 Å². The highest BCUT2D eigenvalue weighted by atomic mass is 35.5. The van der Waals surface area contributed by atoms with Gasteiger partial charge in [-0.1, -0.05) is 53.9 Å². The van der Waals surface area contributed by atoms with Crippen molar-refractivity contribution < 1.29 is 14.7 Å². The number of hydrogen-bond acceptors (Lipinski definition) is 6. The highest BCUT2D eigenvalue weighted by Gasteiger charge is 2.23. The van der Waals surface area contributed by atoms with Gasteiger partial charge in [0, 0.05) is 27.7 Å². The number of rotatable bonds is 12. The van der Waals surface area contributed by atoms with Crippen LogP contribution in [0.25, 0.3) is 22.4 Å². The predicted molar refractivity (Wildman–Crippen MR) is 142 cm³/mol. The van der Waals surface area contributed by atoms with E-state index >= 15 is 0 Å². The number of carboxylic acid groups (broad SMARTS) is 1. The van der Waals surface area contributed by atoms with Crippen molar-refractivity contribution in [2.45, 2.75) is 38.8 Å². The third-order valence-corrected chi connectivity index (χ3v) is 6.22. The Labute approximate surface area is 219 Å². The molecule has 0 bridgehead atoms. The van der Waals surface area contributed by atoms with E-state index in [-0.39, 0.29) is 18.7 Å². The number of nitrogens with one attached hydrogen (secondary N) is 1. The number of hydrogen-bond donors (Lipinski definition) is 3. The summed E-state index contributed by atoms with van der Waals surface area (Å²) in [4.78, 5) is 37.7. The number of aliphatic carboxylic acids is 1. The summed E-state index contributed by atoms with van der Waals surface area (Å²) in [6.45, 7) is 2.07. The molecule has 0 spiro atoms. The van der Waals surface area contributed by atoms with E-state index in [1.165, 1.54) is 11.6 Å². The van der Waals surface area contributed by atoms with Gasteiger partial charge in [0.15, 0.2) is 5.78 Å². The van der Waals surface area contributed by atoms with Crippen LogP contribution >= 0.6 is 23.2 Å². The minimum Gasteiger partial charge on any atom is -0.480 e. The van der Waals surface area contributed by atoms with Gasteiger partial charge in [0.25, 0.3) is 5.56 Å². The number of ketones is 1. The molecule has 36 heavy (non-hydrogen) atoms. The molecule has 0 fully saturated rings. The average molecular weight is 531 g/mol. The molecule has 1 atom stereocenters. The fourth-order valence-electron chi connectivity index (χ4n) is 3.91. The van der Waals surface area contributed by atoms with Crippen LogP contribution in [0.1, 0.15) is 36.5 Å². The number of unbranched alkanes of at least 4 members (excludes halogenated alkanes) is 1. The summed E-state index contributed by atoms with van der Waals surface area (Å²) in [6, 6.07) is 13.0. The lowest BCUT2D eigenvalue weighted by atomic mass is 9.94. The number of carboxylic acids is 1. The Balaban J connectivity index is 2.05. The molecule has 1 heterocycles. The third-order valence-electron chi connectivity index (χ3n) is 5.72. The molecule has 1 aromatic heterocycles. The largest absolute Gasteiger partial charge is 0.480 e. The monoisotopic (exact) mass is 530 g/mol. The Bertz CT molecular complexity index is 1270. The highest BCUT2D eigenvalue weighted by molar-refractivity contribution is 6.31. The van der Waals surface area contributed by atoms with Crippen molar-refractivity contribution in [3.63, 3.8) is 0 Å². The van der Waals surface area contributed by atoms with Gasteiger partial charge >= 0.3 is 5.97 Å². The molecule has 0 amide bonds. The summed E-state index contributed by atoms with van der Waals surface area (Å²) in [5, 5.41) is 18.1. The zero-order valence-electron chi connectivity index (χ0n) is 19.8. The van der Waals surface area contributed by atoms with Gasteiger partial charge in [0.1, 0.15) is 6.04 Å². The van der Waals surface area contributed by atoms with E-state index in [1.54, 1.807) is 48.5 Å². The van der Waals surface area contributed by atoms with Crippen LogP contribution in [-0.2, 0) is 11.3 Å². The number of nitrogens with zero attached hydrogens (tertiary/aromatic N) is 2. The van der Waals surface area contributed by atoms with Gasteiger partial charge in [-0.15, -0.1) is 0 Å². The van der Waals surface area contributed by atoms with Crippen molar-refractivity contribution in [3.8, 4) is 22.4 Å². The Hall–Kier alpha value is -3.04. The Kier molecular flexibility index (Phi) is 9.78. The number of aromatic nitrogens is 2. The van der Waals surface area contributed by atoms with Gasteiger partial charge in [-0.05, 0) is 56.1 Å². The molecular formula is C26H28Cl2N4O4. The van der Waals surface area contributed by atoms with E-state index in [4.69, 9.17) is 28.9 Å². The normalized spacial score (nSPS) is 11.9. The summed E-state index contributed by atoms with van der Waals surface area (Å²) >= 11 is 12.1. The number of nitrogens with two attached hydrogens (primary N) is 1. The van der Waals surface area contributed by atoms with Gasteiger partial charge in [0.05, 0.1) is 17.8 Å². The van der Waals surface area contributed by atoms with Crippen LogP contribution in [0.2, 0.25) is 10.0 Å². The molecule has 3 aromatic rings. The number of carbonyl (C=O) groups excluding carboxylic acids is 1. The standard InChI is InChI=1S/C26H28Cl2N4O4/c1-16(33)22-23(17-5-9-19(27)10-6-17)24(18-7-11-20(28)12-8-18)31-32(25(22)34)15-14-30-21(26(35)36)4-2-3-13-29/h5-12,21,30H,2-4,13-15,29H2,1H3,(H,35,36)/t21-/m0/s1. The van der Waals surface area contributed by atoms with Crippen molar-refractivity contribution in [2.75, 3.05) is 13.1 Å². The maximum absolute atomic E-state index is 13.4. The zero-order chi connectivity index (χ0) is 26.2. The minimum atomic E-state index is -0.975.